The molecule has 1 aromatic carbocycles. The Hall–Kier alpha value is -2.00. The summed E-state index contributed by atoms with van der Waals surface area (Å²) in [7, 11) is 0. The summed E-state index contributed by atoms with van der Waals surface area (Å²) in [4.78, 5) is 4.25. The third-order valence-electron chi connectivity index (χ3n) is 1.93. The van der Waals surface area contributed by atoms with E-state index in [4.69, 9.17) is 9.78 Å². The molecule has 0 atom stereocenters. The smallest absolute Gasteiger partial charge is 0.183 e. The van der Waals surface area contributed by atoms with Crippen molar-refractivity contribution in [3.05, 3.63) is 24.4 Å². The number of nitrogens with one attached hydrogen (secondary N) is 1. The summed E-state index contributed by atoms with van der Waals surface area (Å²) in [5.41, 5.74) is 1.40. The second-order valence-corrected chi connectivity index (χ2v) is 3.70. The first-order valence-electron chi connectivity index (χ1n) is 4.45. The molecule has 2 rings (SSSR count). The van der Waals surface area contributed by atoms with E-state index in [2.05, 4.69) is 15.5 Å². The van der Waals surface area contributed by atoms with Crippen LogP contribution in [0.25, 0.3) is 11.0 Å². The van der Waals surface area contributed by atoms with Crippen LogP contribution in [0.3, 0.4) is 0 Å². The number of nitriles is 1. The van der Waals surface area contributed by atoms with Crippen molar-refractivity contribution in [2.24, 2.45) is 4.99 Å². The summed E-state index contributed by atoms with van der Waals surface area (Å²) in [6.45, 7) is 0. The van der Waals surface area contributed by atoms with E-state index in [0.717, 1.165) is 11.1 Å². The van der Waals surface area contributed by atoms with Gasteiger partial charge >= 0.3 is 0 Å². The maximum Gasteiger partial charge on any atom is 0.183 e. The first kappa shape index (κ1) is 10.5. The van der Waals surface area contributed by atoms with Crippen LogP contribution in [0, 0.1) is 11.5 Å². The van der Waals surface area contributed by atoms with E-state index in [-0.39, 0.29) is 0 Å². The van der Waals surface area contributed by atoms with Crippen LogP contribution in [0.1, 0.15) is 0 Å². The Labute approximate surface area is 96.1 Å². The highest BCUT2D eigenvalue weighted by Gasteiger charge is 2.01. The number of benzene rings is 1. The number of rotatable bonds is 1. The van der Waals surface area contributed by atoms with Gasteiger partial charge in [0.25, 0.3) is 0 Å². The lowest BCUT2D eigenvalue weighted by Crippen LogP contribution is -2.12. The largest absolute Gasteiger partial charge is 0.356 e. The van der Waals surface area contributed by atoms with Crippen molar-refractivity contribution < 1.29 is 4.52 Å². The summed E-state index contributed by atoms with van der Waals surface area (Å²) < 4.78 is 5.02. The number of amidine groups is 1. The Morgan fingerprint density at radius 2 is 2.50 bits per heavy atom. The molecule has 80 valence electrons. The molecule has 0 spiro atoms. The molecular weight excluding hydrogens is 224 g/mol. The second kappa shape index (κ2) is 4.68. The molecule has 0 aliphatic rings. The van der Waals surface area contributed by atoms with Gasteiger partial charge in [0.15, 0.2) is 16.9 Å². The number of hydrogen-bond acceptors (Lipinski definition) is 5. The molecule has 0 radical (unpaired) electrons. The Kier molecular flexibility index (Phi) is 3.08. The van der Waals surface area contributed by atoms with Gasteiger partial charge in [-0.05, 0) is 18.4 Å². The molecule has 16 heavy (non-hydrogen) atoms. The third-order valence-corrected chi connectivity index (χ3v) is 2.51. The first-order valence-corrected chi connectivity index (χ1v) is 5.68. The summed E-state index contributed by atoms with van der Waals surface area (Å²) in [6, 6.07) is 5.49. The Balaban J connectivity index is 2.36. The maximum atomic E-state index is 8.50. The summed E-state index contributed by atoms with van der Waals surface area (Å²) >= 11 is 1.37. The molecule has 0 bridgehead atoms. The van der Waals surface area contributed by atoms with Crippen molar-refractivity contribution in [3.63, 3.8) is 0 Å². The zero-order valence-corrected chi connectivity index (χ0v) is 9.28. The maximum absolute atomic E-state index is 8.50. The molecule has 6 heteroatoms. The fourth-order valence-corrected chi connectivity index (χ4v) is 1.55. The van der Waals surface area contributed by atoms with Crippen molar-refractivity contribution in [2.75, 3.05) is 6.26 Å². The quantitative estimate of drug-likeness (QED) is 0.353. The van der Waals surface area contributed by atoms with E-state index in [0.29, 0.717) is 10.8 Å². The first-order chi connectivity index (χ1) is 7.83. The molecule has 0 aliphatic heterocycles. The van der Waals surface area contributed by atoms with Crippen LogP contribution in [0.4, 0.5) is 5.69 Å². The van der Waals surface area contributed by atoms with Gasteiger partial charge < -0.3 is 4.52 Å². The van der Waals surface area contributed by atoms with E-state index < -0.39 is 0 Å². The minimum absolute atomic E-state index is 0.543. The molecule has 0 unspecified atom stereocenters. The molecular formula is C10H8N4OS. The van der Waals surface area contributed by atoms with Crippen LogP contribution in [0.15, 0.2) is 33.9 Å². The predicted molar refractivity (Wildman–Crippen MR) is 63.4 cm³/mol. The highest BCUT2D eigenvalue weighted by atomic mass is 32.2. The summed E-state index contributed by atoms with van der Waals surface area (Å²) in [5.74, 6) is 0. The topological polar surface area (TPSA) is 74.2 Å². The average Bonchev–Trinajstić information content (AvgIpc) is 2.75. The van der Waals surface area contributed by atoms with E-state index >= 15 is 0 Å². The van der Waals surface area contributed by atoms with Gasteiger partial charge in [0.2, 0.25) is 0 Å². The molecule has 1 heterocycles. The van der Waals surface area contributed by atoms with E-state index in [1.54, 1.807) is 12.3 Å². The zero-order chi connectivity index (χ0) is 11.4. The van der Waals surface area contributed by atoms with Crippen LogP contribution < -0.4 is 5.32 Å². The minimum Gasteiger partial charge on any atom is -0.356 e. The monoisotopic (exact) mass is 232 g/mol. The number of hydrogen-bond donors (Lipinski definition) is 1. The standard InChI is InChI=1S/C10H8N4OS/c1-16-10(12-6-11)14-8-3-2-7-5-13-15-9(7)4-8/h2-5H,1H3,(H,12,14). The van der Waals surface area contributed by atoms with Gasteiger partial charge in [-0.1, -0.05) is 16.9 Å². The molecule has 2 aromatic rings. The van der Waals surface area contributed by atoms with E-state index in [9.17, 15) is 0 Å². The molecule has 1 N–H and O–H groups in total. The van der Waals surface area contributed by atoms with Crippen molar-refractivity contribution >= 4 is 33.6 Å². The van der Waals surface area contributed by atoms with Crippen LogP contribution >= 0.6 is 11.8 Å². The molecule has 0 amide bonds. The van der Waals surface area contributed by atoms with Crippen molar-refractivity contribution in [2.45, 2.75) is 0 Å². The van der Waals surface area contributed by atoms with Gasteiger partial charge in [-0.2, -0.15) is 5.26 Å². The fourth-order valence-electron chi connectivity index (χ4n) is 1.21. The van der Waals surface area contributed by atoms with Gasteiger partial charge in [-0.3, -0.25) is 5.32 Å². The number of thioether (sulfide) groups is 1. The van der Waals surface area contributed by atoms with Crippen LogP contribution in [0.2, 0.25) is 0 Å². The van der Waals surface area contributed by atoms with Gasteiger partial charge in [-0.15, -0.1) is 0 Å². The summed E-state index contributed by atoms with van der Waals surface area (Å²) in [5, 5.41) is 16.1. The number of fused-ring (bicyclic) bond motifs is 1. The number of aromatic nitrogens is 1. The SMILES string of the molecule is CSC(=Nc1ccc2cnoc2c1)NC#N. The zero-order valence-electron chi connectivity index (χ0n) is 8.47. The molecule has 1 aromatic heterocycles. The Morgan fingerprint density at radius 3 is 3.25 bits per heavy atom. The van der Waals surface area contributed by atoms with Gasteiger partial charge in [0.1, 0.15) is 0 Å². The van der Waals surface area contributed by atoms with Crippen molar-refractivity contribution in [1.29, 1.82) is 5.26 Å². The van der Waals surface area contributed by atoms with Crippen molar-refractivity contribution in [1.82, 2.24) is 10.5 Å². The van der Waals surface area contributed by atoms with Gasteiger partial charge in [0, 0.05) is 11.5 Å². The van der Waals surface area contributed by atoms with Crippen LogP contribution in [-0.4, -0.2) is 16.6 Å². The highest BCUT2D eigenvalue weighted by Crippen LogP contribution is 2.21. The van der Waals surface area contributed by atoms with E-state index in [1.165, 1.54) is 11.8 Å². The molecule has 0 saturated heterocycles. The Bertz CT molecular complexity index is 569. The highest BCUT2D eigenvalue weighted by molar-refractivity contribution is 8.13. The fraction of sp³-hybridized carbons (Fsp3) is 0.100. The predicted octanol–water partition coefficient (Wildman–Crippen LogP) is 2.25. The van der Waals surface area contributed by atoms with E-state index in [1.807, 2.05) is 24.6 Å². The molecule has 0 fully saturated rings. The molecule has 0 saturated carbocycles. The second-order valence-electron chi connectivity index (χ2n) is 2.91. The minimum atomic E-state index is 0.543. The average molecular weight is 232 g/mol. The molecule has 0 aliphatic carbocycles. The Morgan fingerprint density at radius 1 is 1.62 bits per heavy atom. The number of aliphatic imine (C=N–C) groups is 1. The normalized spacial score (nSPS) is 11.4. The lowest BCUT2D eigenvalue weighted by molar-refractivity contribution is 0.456. The summed E-state index contributed by atoms with van der Waals surface area (Å²) in [6.07, 6.45) is 5.32. The number of nitrogens with zero attached hydrogens (tertiary/aromatic N) is 3. The molecule has 5 nitrogen and oxygen atoms in total. The van der Waals surface area contributed by atoms with Gasteiger partial charge in [-0.25, -0.2) is 4.99 Å². The van der Waals surface area contributed by atoms with Crippen molar-refractivity contribution in [3.8, 4) is 6.19 Å². The third kappa shape index (κ3) is 2.15. The lowest BCUT2D eigenvalue weighted by atomic mass is 10.2. The van der Waals surface area contributed by atoms with Crippen LogP contribution in [0.5, 0.6) is 0 Å². The van der Waals surface area contributed by atoms with Gasteiger partial charge in [0.05, 0.1) is 11.9 Å². The van der Waals surface area contributed by atoms with Crippen LogP contribution in [-0.2, 0) is 0 Å². The lowest BCUT2D eigenvalue weighted by Gasteiger charge is -1.98.